The summed E-state index contributed by atoms with van der Waals surface area (Å²) in [4.78, 5) is 50.2. The van der Waals surface area contributed by atoms with Gasteiger partial charge in [-0.05, 0) is 74.4 Å². The number of nitrogens with zero attached hydrogens (tertiary/aromatic N) is 4. The van der Waals surface area contributed by atoms with Crippen LogP contribution in [0.5, 0.6) is 5.75 Å². The summed E-state index contributed by atoms with van der Waals surface area (Å²) in [5, 5.41) is 0.776. The van der Waals surface area contributed by atoms with Crippen LogP contribution in [0.25, 0.3) is 0 Å². The lowest BCUT2D eigenvalue weighted by atomic mass is 9.82. The van der Waals surface area contributed by atoms with Crippen LogP contribution in [0.4, 0.5) is 15.0 Å². The normalized spacial score (nSPS) is 21.9. The molecule has 226 valence electrons. The summed E-state index contributed by atoms with van der Waals surface area (Å²) in [5.41, 5.74) is 0.829. The van der Waals surface area contributed by atoms with Gasteiger partial charge in [0.05, 0.1) is 22.0 Å². The molecule has 4 atom stereocenters. The van der Waals surface area contributed by atoms with E-state index in [1.165, 1.54) is 31.2 Å². The number of halogens is 3. The third kappa shape index (κ3) is 6.78. The van der Waals surface area contributed by atoms with E-state index in [-0.39, 0.29) is 29.9 Å². The Balaban J connectivity index is 1.40. The Morgan fingerprint density at radius 1 is 1.00 bits per heavy atom. The molecule has 0 saturated carbocycles. The quantitative estimate of drug-likeness (QED) is 0.316. The molecular formula is C32H33Cl2FN4O4. The number of likely N-dealkylation sites (N-methyl/N-ethyl adjacent to an activating group) is 1. The van der Waals surface area contributed by atoms with Gasteiger partial charge in [-0.2, -0.15) is 0 Å². The van der Waals surface area contributed by atoms with Gasteiger partial charge >= 0.3 is 6.09 Å². The number of ether oxygens (including phenoxy) is 1. The van der Waals surface area contributed by atoms with Crippen molar-refractivity contribution in [3.8, 4) is 5.75 Å². The zero-order valence-corrected chi connectivity index (χ0v) is 25.5. The molecule has 2 aromatic carbocycles. The molecule has 2 amide bonds. The van der Waals surface area contributed by atoms with Crippen molar-refractivity contribution in [2.45, 2.75) is 32.2 Å². The fourth-order valence-corrected chi connectivity index (χ4v) is 6.46. The predicted octanol–water partition coefficient (Wildman–Crippen LogP) is 6.07. The van der Waals surface area contributed by atoms with Gasteiger partial charge in [0, 0.05) is 50.8 Å². The molecule has 0 aliphatic carbocycles. The number of piperidine rings is 1. The van der Waals surface area contributed by atoms with E-state index in [0.717, 1.165) is 11.4 Å². The topological polar surface area (TPSA) is 83.1 Å². The number of aromatic nitrogens is 1. The molecule has 2 aliphatic heterocycles. The third-order valence-electron chi connectivity index (χ3n) is 8.39. The first-order chi connectivity index (χ1) is 20.7. The van der Waals surface area contributed by atoms with Crippen LogP contribution in [0.15, 0.2) is 66.9 Å². The Labute approximate surface area is 260 Å². The van der Waals surface area contributed by atoms with Crippen LogP contribution in [0, 0.1) is 17.7 Å². The molecule has 2 unspecified atom stereocenters. The minimum atomic E-state index is -0.608. The molecule has 2 aliphatic rings. The Hall–Kier alpha value is -3.69. The summed E-state index contributed by atoms with van der Waals surface area (Å²) < 4.78 is 19.0. The number of hydrogen-bond donors (Lipinski definition) is 0. The number of likely N-dealkylation sites (tertiary alicyclic amines) is 1. The van der Waals surface area contributed by atoms with E-state index < -0.39 is 29.8 Å². The van der Waals surface area contributed by atoms with Gasteiger partial charge in [0.1, 0.15) is 23.2 Å². The maximum absolute atomic E-state index is 14.1. The number of ketones is 1. The summed E-state index contributed by atoms with van der Waals surface area (Å²) in [6.45, 7) is 5.25. The number of amides is 2. The van der Waals surface area contributed by atoms with Gasteiger partial charge in [0.2, 0.25) is 5.91 Å². The second-order valence-corrected chi connectivity index (χ2v) is 11.8. The smallest absolute Gasteiger partial charge is 0.410 e. The molecule has 3 aromatic rings. The van der Waals surface area contributed by atoms with Gasteiger partial charge in [0.25, 0.3) is 0 Å². The van der Waals surface area contributed by atoms with Crippen molar-refractivity contribution < 1.29 is 23.5 Å². The maximum Gasteiger partial charge on any atom is 0.415 e. The number of benzene rings is 2. The van der Waals surface area contributed by atoms with Crippen molar-refractivity contribution in [2.24, 2.45) is 11.8 Å². The average molecular weight is 628 g/mol. The van der Waals surface area contributed by atoms with Gasteiger partial charge in [-0.15, -0.1) is 0 Å². The van der Waals surface area contributed by atoms with E-state index >= 15 is 0 Å². The highest BCUT2D eigenvalue weighted by molar-refractivity contribution is 6.42. The van der Waals surface area contributed by atoms with Gasteiger partial charge in [-0.3, -0.25) is 9.59 Å². The summed E-state index contributed by atoms with van der Waals surface area (Å²) >= 11 is 12.6. The highest BCUT2D eigenvalue weighted by Crippen LogP contribution is 2.37. The predicted molar refractivity (Wildman–Crippen MR) is 163 cm³/mol. The number of hydrogen-bond acceptors (Lipinski definition) is 6. The molecule has 0 N–H and O–H groups in total. The molecule has 3 heterocycles. The second-order valence-electron chi connectivity index (χ2n) is 10.9. The van der Waals surface area contributed by atoms with Crippen molar-refractivity contribution in [3.05, 3.63) is 88.3 Å². The number of anilines is 1. The molecule has 2 saturated heterocycles. The maximum atomic E-state index is 14.1. The zero-order valence-electron chi connectivity index (χ0n) is 24.0. The van der Waals surface area contributed by atoms with Crippen molar-refractivity contribution in [2.75, 3.05) is 37.6 Å². The highest BCUT2D eigenvalue weighted by Gasteiger charge is 2.46. The fraction of sp³-hybridized carbons (Fsp3) is 0.375. The van der Waals surface area contributed by atoms with Crippen LogP contribution in [0.2, 0.25) is 10.0 Å². The Morgan fingerprint density at radius 3 is 2.42 bits per heavy atom. The molecule has 1 aromatic heterocycles. The van der Waals surface area contributed by atoms with E-state index in [4.69, 9.17) is 27.9 Å². The molecule has 0 bridgehead atoms. The minimum Gasteiger partial charge on any atom is -0.410 e. The van der Waals surface area contributed by atoms with Crippen molar-refractivity contribution in [3.63, 3.8) is 0 Å². The highest BCUT2D eigenvalue weighted by atomic mass is 35.5. The van der Waals surface area contributed by atoms with Crippen molar-refractivity contribution in [1.29, 1.82) is 0 Å². The van der Waals surface area contributed by atoms with Crippen molar-refractivity contribution >= 4 is 46.8 Å². The van der Waals surface area contributed by atoms with Crippen molar-refractivity contribution in [1.82, 2.24) is 14.8 Å². The zero-order chi connectivity index (χ0) is 30.7. The van der Waals surface area contributed by atoms with E-state index in [2.05, 4.69) is 4.98 Å². The Morgan fingerprint density at radius 2 is 1.77 bits per heavy atom. The molecule has 0 spiro atoms. The fourth-order valence-electron chi connectivity index (χ4n) is 6.16. The largest absolute Gasteiger partial charge is 0.415 e. The molecule has 0 radical (unpaired) electrons. The van der Waals surface area contributed by atoms with E-state index in [1.54, 1.807) is 28.1 Å². The van der Waals surface area contributed by atoms with Crippen LogP contribution in [-0.2, 0) is 9.59 Å². The Bertz CT molecular complexity index is 1480. The third-order valence-corrected chi connectivity index (χ3v) is 9.13. The monoisotopic (exact) mass is 626 g/mol. The first-order valence-electron chi connectivity index (χ1n) is 14.3. The van der Waals surface area contributed by atoms with E-state index in [9.17, 15) is 18.8 Å². The minimum absolute atomic E-state index is 0.0474. The molecule has 11 heteroatoms. The van der Waals surface area contributed by atoms with Gasteiger partial charge in [0.15, 0.2) is 0 Å². The Kier molecular flexibility index (Phi) is 9.52. The molecule has 8 nitrogen and oxygen atoms in total. The summed E-state index contributed by atoms with van der Waals surface area (Å²) in [6.07, 6.45) is 1.61. The summed E-state index contributed by atoms with van der Waals surface area (Å²) in [6, 6.07) is 15.7. The molecular weight excluding hydrogens is 594 g/mol. The number of Topliss-reactive ketones (excluding diaryl/α,β-unsaturated/α-hetero) is 1. The first kappa shape index (κ1) is 30.8. The standard InChI is InChI=1S/C32H33Cl2FN4O4/c1-3-39(32(42)43-23-10-8-22(35)9-11-23)29-19-38(18-26(29)21-7-12-27(33)28(34)16-21)31(41)24-13-15-37(17-25(24)20(2)40)30-6-4-5-14-36-30/h4-12,14,16,24-26,29H,3,13,15,17-19H2,1-2H3/t24?,25?,26-,29+/m0/s1. The summed E-state index contributed by atoms with van der Waals surface area (Å²) in [7, 11) is 0. The number of carbonyl (C=O) groups excluding carboxylic acids is 3. The first-order valence-corrected chi connectivity index (χ1v) is 15.1. The van der Waals surface area contributed by atoms with Crippen LogP contribution < -0.4 is 9.64 Å². The lowest BCUT2D eigenvalue weighted by Gasteiger charge is -2.38. The van der Waals surface area contributed by atoms with Gasteiger partial charge in [-0.1, -0.05) is 35.3 Å². The number of rotatable bonds is 7. The SMILES string of the molecule is CCN(C(=O)Oc1ccc(F)cc1)[C@@H]1CN(C(=O)C2CCN(c3ccccn3)CC2C(C)=O)C[C@H]1c1ccc(Cl)c(Cl)c1. The average Bonchev–Trinajstić information content (AvgIpc) is 3.45. The molecule has 2 fully saturated rings. The van der Waals surface area contributed by atoms with Crippen LogP contribution in [0.1, 0.15) is 31.7 Å². The molecule has 5 rings (SSSR count). The second kappa shape index (κ2) is 13.3. The van der Waals surface area contributed by atoms with Gasteiger partial charge in [-0.25, -0.2) is 14.2 Å². The van der Waals surface area contributed by atoms with Gasteiger partial charge < -0.3 is 19.4 Å². The number of carbonyl (C=O) groups is 3. The lowest BCUT2D eigenvalue weighted by Crippen LogP contribution is -2.50. The lowest BCUT2D eigenvalue weighted by molar-refractivity contribution is -0.140. The molecule has 43 heavy (non-hydrogen) atoms. The van der Waals surface area contributed by atoms with E-state index in [1.807, 2.05) is 36.1 Å². The summed E-state index contributed by atoms with van der Waals surface area (Å²) in [5.74, 6) is -0.881. The van der Waals surface area contributed by atoms with Crippen LogP contribution in [-0.4, -0.2) is 71.3 Å². The van der Waals surface area contributed by atoms with E-state index in [0.29, 0.717) is 42.6 Å². The van der Waals surface area contributed by atoms with Crippen LogP contribution in [0.3, 0.4) is 0 Å². The number of pyridine rings is 1. The van der Waals surface area contributed by atoms with Crippen LogP contribution >= 0.6 is 23.2 Å².